The maximum Gasteiger partial charge on any atom is 0.433 e. The molecule has 1 aromatic rings. The Morgan fingerprint density at radius 2 is 2.24 bits per heavy atom. The topological polar surface area (TPSA) is 46.1 Å². The molecule has 2 heterocycles. The summed E-state index contributed by atoms with van der Waals surface area (Å²) in [5.41, 5.74) is -1.16. The Morgan fingerprint density at radius 1 is 1.52 bits per heavy atom. The quantitative estimate of drug-likeness (QED) is 0.635. The SMILES string of the molecule is CCC12CN(c3cc(C(F)(F)F)nc(Cl)n3)CC1C2C=O. The molecule has 0 N–H and O–H groups in total. The normalized spacial score (nSPS) is 31.2. The highest BCUT2D eigenvalue weighted by Crippen LogP contribution is 2.64. The zero-order chi connectivity index (χ0) is 15.4. The van der Waals surface area contributed by atoms with Gasteiger partial charge in [0, 0.05) is 30.5 Å². The van der Waals surface area contributed by atoms with Gasteiger partial charge in [0.25, 0.3) is 0 Å². The van der Waals surface area contributed by atoms with Crippen LogP contribution in [0.3, 0.4) is 0 Å². The predicted octanol–water partition coefficient (Wildman–Crippen LogP) is 2.81. The number of carbonyl (C=O) groups excluding carboxylic acids is 1. The van der Waals surface area contributed by atoms with Crippen LogP contribution in [-0.2, 0) is 11.0 Å². The first-order valence-corrected chi connectivity index (χ1v) is 7.01. The average Bonchev–Trinajstić information content (AvgIpc) is 2.84. The third-order valence-corrected chi connectivity index (χ3v) is 4.90. The Morgan fingerprint density at radius 3 is 2.76 bits per heavy atom. The van der Waals surface area contributed by atoms with Crippen molar-refractivity contribution in [3.63, 3.8) is 0 Å². The molecule has 2 aliphatic rings. The van der Waals surface area contributed by atoms with E-state index in [2.05, 4.69) is 9.97 Å². The first kappa shape index (κ1) is 14.6. The number of fused-ring (bicyclic) bond motifs is 1. The average molecular weight is 320 g/mol. The van der Waals surface area contributed by atoms with E-state index in [0.717, 1.165) is 18.8 Å². The molecule has 1 aromatic heterocycles. The summed E-state index contributed by atoms with van der Waals surface area (Å²) in [4.78, 5) is 19.9. The van der Waals surface area contributed by atoms with Gasteiger partial charge < -0.3 is 9.69 Å². The van der Waals surface area contributed by atoms with Gasteiger partial charge in [0.2, 0.25) is 5.28 Å². The zero-order valence-electron chi connectivity index (χ0n) is 11.2. The number of piperidine rings is 1. The molecule has 0 aromatic carbocycles. The van der Waals surface area contributed by atoms with Crippen LogP contribution in [0.5, 0.6) is 0 Å². The largest absolute Gasteiger partial charge is 0.433 e. The van der Waals surface area contributed by atoms with Crippen LogP contribution in [0.1, 0.15) is 19.0 Å². The van der Waals surface area contributed by atoms with Gasteiger partial charge in [-0.2, -0.15) is 13.2 Å². The van der Waals surface area contributed by atoms with Crippen molar-refractivity contribution in [1.29, 1.82) is 0 Å². The van der Waals surface area contributed by atoms with E-state index >= 15 is 0 Å². The van der Waals surface area contributed by atoms with Gasteiger partial charge in [0.1, 0.15) is 12.1 Å². The number of hydrogen-bond donors (Lipinski definition) is 0. The van der Waals surface area contributed by atoms with Crippen molar-refractivity contribution in [3.8, 4) is 0 Å². The molecule has 21 heavy (non-hydrogen) atoms. The van der Waals surface area contributed by atoms with E-state index < -0.39 is 17.2 Å². The fourth-order valence-corrected chi connectivity index (χ4v) is 3.69. The van der Waals surface area contributed by atoms with E-state index in [4.69, 9.17) is 11.6 Å². The summed E-state index contributed by atoms with van der Waals surface area (Å²) < 4.78 is 38.3. The lowest BCUT2D eigenvalue weighted by molar-refractivity contribution is -0.141. The number of aldehydes is 1. The molecule has 4 nitrogen and oxygen atoms in total. The number of nitrogens with zero attached hydrogens (tertiary/aromatic N) is 3. The summed E-state index contributed by atoms with van der Waals surface area (Å²) in [6.07, 6.45) is -2.78. The van der Waals surface area contributed by atoms with Gasteiger partial charge in [-0.3, -0.25) is 0 Å². The molecular formula is C13H13ClF3N3O. The van der Waals surface area contributed by atoms with Crippen LogP contribution in [-0.4, -0.2) is 29.3 Å². The number of alkyl halides is 3. The van der Waals surface area contributed by atoms with Gasteiger partial charge in [0.05, 0.1) is 0 Å². The smallest absolute Gasteiger partial charge is 0.356 e. The van der Waals surface area contributed by atoms with Crippen LogP contribution >= 0.6 is 11.6 Å². The van der Waals surface area contributed by atoms with Gasteiger partial charge in [-0.15, -0.1) is 0 Å². The number of anilines is 1. The van der Waals surface area contributed by atoms with Crippen LogP contribution in [0.4, 0.5) is 19.0 Å². The molecule has 3 rings (SSSR count). The van der Waals surface area contributed by atoms with Crippen LogP contribution in [0.2, 0.25) is 5.28 Å². The minimum atomic E-state index is -4.56. The maximum absolute atomic E-state index is 12.8. The second-order valence-electron chi connectivity index (χ2n) is 5.61. The molecule has 3 atom stereocenters. The van der Waals surface area contributed by atoms with Gasteiger partial charge >= 0.3 is 6.18 Å². The van der Waals surface area contributed by atoms with E-state index in [9.17, 15) is 18.0 Å². The number of carbonyl (C=O) groups is 1. The molecule has 3 unspecified atom stereocenters. The molecule has 0 radical (unpaired) electrons. The van der Waals surface area contributed by atoms with Crippen molar-refractivity contribution in [3.05, 3.63) is 17.0 Å². The molecule has 2 fully saturated rings. The lowest BCUT2D eigenvalue weighted by Crippen LogP contribution is -2.29. The van der Waals surface area contributed by atoms with Crippen LogP contribution in [0.15, 0.2) is 6.07 Å². The first-order chi connectivity index (χ1) is 9.81. The molecule has 1 saturated carbocycles. The number of halogens is 4. The molecule has 0 bridgehead atoms. The fraction of sp³-hybridized carbons (Fsp3) is 0.615. The van der Waals surface area contributed by atoms with E-state index in [1.807, 2.05) is 6.92 Å². The molecule has 0 spiro atoms. The minimum absolute atomic E-state index is 0.0122. The molecule has 1 saturated heterocycles. The summed E-state index contributed by atoms with van der Waals surface area (Å²) in [5, 5.41) is -0.419. The molecule has 1 aliphatic heterocycles. The molecule has 0 amide bonds. The van der Waals surface area contributed by atoms with Gasteiger partial charge in [0.15, 0.2) is 5.69 Å². The van der Waals surface area contributed by atoms with Crippen LogP contribution < -0.4 is 4.90 Å². The second kappa shape index (κ2) is 4.56. The Balaban J connectivity index is 1.87. The lowest BCUT2D eigenvalue weighted by atomic mass is 10.0. The standard InChI is InChI=1S/C13H13ClF3N3O/c1-2-12-6-20(4-7(12)8(12)5-21)10-3-9(13(15,16)17)18-11(14)19-10/h3,5,7-8H,2,4,6H2,1H3. The Labute approximate surface area is 124 Å². The molecule has 1 aliphatic carbocycles. The third-order valence-electron chi connectivity index (χ3n) is 4.73. The highest BCUT2D eigenvalue weighted by molar-refractivity contribution is 6.28. The Bertz CT molecular complexity index is 595. The van der Waals surface area contributed by atoms with Crippen molar-refractivity contribution >= 4 is 23.7 Å². The predicted molar refractivity (Wildman–Crippen MR) is 70.0 cm³/mol. The molecule has 114 valence electrons. The summed E-state index contributed by atoms with van der Waals surface area (Å²) >= 11 is 5.60. The van der Waals surface area contributed by atoms with Gasteiger partial charge in [-0.1, -0.05) is 6.92 Å². The zero-order valence-corrected chi connectivity index (χ0v) is 11.9. The van der Waals surface area contributed by atoms with Crippen molar-refractivity contribution in [2.45, 2.75) is 19.5 Å². The van der Waals surface area contributed by atoms with Crippen molar-refractivity contribution in [1.82, 2.24) is 9.97 Å². The van der Waals surface area contributed by atoms with Crippen molar-refractivity contribution < 1.29 is 18.0 Å². The maximum atomic E-state index is 12.8. The summed E-state index contributed by atoms with van der Waals surface area (Å²) in [6, 6.07) is 0.913. The summed E-state index contributed by atoms with van der Waals surface area (Å²) in [6.45, 7) is 3.05. The number of rotatable bonds is 3. The summed E-state index contributed by atoms with van der Waals surface area (Å²) in [7, 11) is 0. The Kier molecular flexibility index (Phi) is 3.16. The fourth-order valence-electron chi connectivity index (χ4n) is 3.52. The summed E-state index contributed by atoms with van der Waals surface area (Å²) in [5.74, 6) is 0.383. The monoisotopic (exact) mass is 319 g/mol. The molecular weight excluding hydrogens is 307 g/mol. The van der Waals surface area contributed by atoms with E-state index in [1.54, 1.807) is 4.90 Å². The van der Waals surface area contributed by atoms with Crippen LogP contribution in [0.25, 0.3) is 0 Å². The highest BCUT2D eigenvalue weighted by Gasteiger charge is 2.67. The second-order valence-corrected chi connectivity index (χ2v) is 5.95. The van der Waals surface area contributed by atoms with Crippen molar-refractivity contribution in [2.75, 3.05) is 18.0 Å². The van der Waals surface area contributed by atoms with Gasteiger partial charge in [-0.25, -0.2) is 9.97 Å². The minimum Gasteiger partial charge on any atom is -0.356 e. The van der Waals surface area contributed by atoms with E-state index in [0.29, 0.717) is 13.1 Å². The van der Waals surface area contributed by atoms with Crippen molar-refractivity contribution in [2.24, 2.45) is 17.3 Å². The number of aromatic nitrogens is 2. The van der Waals surface area contributed by atoms with Gasteiger partial charge in [-0.05, 0) is 23.9 Å². The van der Waals surface area contributed by atoms with E-state index in [-0.39, 0.29) is 23.1 Å². The third kappa shape index (κ3) is 2.18. The molecule has 8 heteroatoms. The van der Waals surface area contributed by atoms with Crippen LogP contribution in [0, 0.1) is 17.3 Å². The number of hydrogen-bond acceptors (Lipinski definition) is 4. The Hall–Kier alpha value is -1.37. The first-order valence-electron chi connectivity index (χ1n) is 6.64. The lowest BCUT2D eigenvalue weighted by Gasteiger charge is -2.23. The van der Waals surface area contributed by atoms with E-state index in [1.165, 1.54) is 0 Å². The highest BCUT2D eigenvalue weighted by atomic mass is 35.5.